The highest BCUT2D eigenvalue weighted by molar-refractivity contribution is 7.90. The fourth-order valence-electron chi connectivity index (χ4n) is 1.96. The van der Waals surface area contributed by atoms with Crippen molar-refractivity contribution in [1.82, 2.24) is 0 Å². The highest BCUT2D eigenvalue weighted by Crippen LogP contribution is 2.32. The lowest BCUT2D eigenvalue weighted by Crippen LogP contribution is -2.21. The Morgan fingerprint density at radius 3 is 2.45 bits per heavy atom. The van der Waals surface area contributed by atoms with Crippen LogP contribution in [-0.2, 0) is 9.84 Å². The van der Waals surface area contributed by atoms with E-state index in [1.807, 2.05) is 0 Å². The van der Waals surface area contributed by atoms with E-state index in [2.05, 4.69) is 5.32 Å². The van der Waals surface area contributed by atoms with Crippen molar-refractivity contribution >= 4 is 21.2 Å². The van der Waals surface area contributed by atoms with Gasteiger partial charge in [-0.1, -0.05) is 6.07 Å². The molecule has 2 N–H and O–H groups in total. The van der Waals surface area contributed by atoms with Gasteiger partial charge in [-0.05, 0) is 32.4 Å². The first-order valence-corrected chi connectivity index (χ1v) is 7.94. The van der Waals surface area contributed by atoms with Crippen LogP contribution < -0.4 is 5.32 Å². The van der Waals surface area contributed by atoms with E-state index in [-0.39, 0.29) is 16.6 Å². The zero-order valence-electron chi connectivity index (χ0n) is 11.5. The van der Waals surface area contributed by atoms with Gasteiger partial charge in [0.1, 0.15) is 10.6 Å². The molecule has 0 fully saturated rings. The van der Waals surface area contributed by atoms with Gasteiger partial charge in [0.15, 0.2) is 9.84 Å². The number of nitro benzene ring substituents is 1. The summed E-state index contributed by atoms with van der Waals surface area (Å²) in [4.78, 5) is 10.1. The topological polar surface area (TPSA) is 110 Å². The van der Waals surface area contributed by atoms with E-state index < -0.39 is 26.6 Å². The van der Waals surface area contributed by atoms with Gasteiger partial charge in [-0.2, -0.15) is 0 Å². The summed E-state index contributed by atoms with van der Waals surface area (Å²) >= 11 is 0. The summed E-state index contributed by atoms with van der Waals surface area (Å²) in [5, 5.41) is 23.3. The molecule has 7 nitrogen and oxygen atoms in total. The maximum Gasteiger partial charge on any atom is 0.310 e. The van der Waals surface area contributed by atoms with Crippen LogP contribution in [0.3, 0.4) is 0 Å². The predicted octanol–water partition coefficient (Wildman–Crippen LogP) is 1.57. The number of aliphatic hydroxyl groups is 1. The van der Waals surface area contributed by atoms with Crippen molar-refractivity contribution in [2.45, 2.75) is 37.3 Å². The van der Waals surface area contributed by atoms with E-state index >= 15 is 0 Å². The van der Waals surface area contributed by atoms with E-state index in [0.717, 1.165) is 6.26 Å². The SMILES string of the molecule is CC(O)CC(C)Nc1cccc(S(C)(=O)=O)c1[N+](=O)[O-]. The van der Waals surface area contributed by atoms with Gasteiger partial charge in [0, 0.05) is 12.3 Å². The van der Waals surface area contributed by atoms with Gasteiger partial charge in [0.2, 0.25) is 0 Å². The normalized spacial score (nSPS) is 14.6. The summed E-state index contributed by atoms with van der Waals surface area (Å²) in [5.74, 6) is 0. The average molecular weight is 302 g/mol. The van der Waals surface area contributed by atoms with Crippen LogP contribution in [0.15, 0.2) is 23.1 Å². The van der Waals surface area contributed by atoms with Crippen molar-refractivity contribution in [2.75, 3.05) is 11.6 Å². The number of benzene rings is 1. The maximum absolute atomic E-state index is 11.6. The summed E-state index contributed by atoms with van der Waals surface area (Å²) in [6.45, 7) is 3.36. The summed E-state index contributed by atoms with van der Waals surface area (Å²) in [6.07, 6.45) is 0.758. The number of sulfone groups is 1. The van der Waals surface area contributed by atoms with Crippen LogP contribution in [0.5, 0.6) is 0 Å². The van der Waals surface area contributed by atoms with Gasteiger partial charge in [0.25, 0.3) is 0 Å². The molecule has 0 radical (unpaired) electrons. The third kappa shape index (κ3) is 4.17. The van der Waals surface area contributed by atoms with Crippen molar-refractivity contribution in [3.8, 4) is 0 Å². The van der Waals surface area contributed by atoms with Crippen LogP contribution in [0.2, 0.25) is 0 Å². The number of para-hydroxylation sites is 1. The second-order valence-corrected chi connectivity index (χ2v) is 6.80. The lowest BCUT2D eigenvalue weighted by Gasteiger charge is -2.17. The fourth-order valence-corrected chi connectivity index (χ4v) is 2.82. The maximum atomic E-state index is 11.6. The molecule has 1 rings (SSSR count). The molecule has 0 amide bonds. The van der Waals surface area contributed by atoms with Crippen LogP contribution in [0, 0.1) is 10.1 Å². The first-order chi connectivity index (χ1) is 9.12. The van der Waals surface area contributed by atoms with Gasteiger partial charge in [-0.25, -0.2) is 8.42 Å². The van der Waals surface area contributed by atoms with Gasteiger partial charge in [-0.15, -0.1) is 0 Å². The van der Waals surface area contributed by atoms with Crippen LogP contribution in [-0.4, -0.2) is 36.8 Å². The molecule has 0 aliphatic rings. The van der Waals surface area contributed by atoms with E-state index in [1.165, 1.54) is 18.2 Å². The fraction of sp³-hybridized carbons (Fsp3) is 0.500. The van der Waals surface area contributed by atoms with Crippen molar-refractivity contribution in [3.05, 3.63) is 28.3 Å². The number of hydrogen-bond acceptors (Lipinski definition) is 6. The van der Waals surface area contributed by atoms with E-state index in [1.54, 1.807) is 13.8 Å². The Bertz CT molecular complexity index is 598. The molecule has 8 heteroatoms. The van der Waals surface area contributed by atoms with E-state index in [9.17, 15) is 23.6 Å². The number of nitro groups is 1. The molecule has 2 atom stereocenters. The van der Waals surface area contributed by atoms with Crippen LogP contribution >= 0.6 is 0 Å². The standard InChI is InChI=1S/C12H18N2O5S/c1-8(7-9(2)15)13-10-5-4-6-11(20(3,18)19)12(10)14(16)17/h4-6,8-9,13,15H,7H2,1-3H3. The Hall–Kier alpha value is -1.67. The van der Waals surface area contributed by atoms with Crippen molar-refractivity contribution < 1.29 is 18.4 Å². The van der Waals surface area contributed by atoms with Crippen LogP contribution in [0.25, 0.3) is 0 Å². The molecule has 20 heavy (non-hydrogen) atoms. The van der Waals surface area contributed by atoms with Crippen molar-refractivity contribution in [1.29, 1.82) is 0 Å². The molecule has 1 aromatic carbocycles. The zero-order valence-corrected chi connectivity index (χ0v) is 12.3. The smallest absolute Gasteiger partial charge is 0.310 e. The summed E-state index contributed by atoms with van der Waals surface area (Å²) in [5.41, 5.74) is -0.335. The van der Waals surface area contributed by atoms with E-state index in [4.69, 9.17) is 0 Å². The van der Waals surface area contributed by atoms with Gasteiger partial charge in [-0.3, -0.25) is 10.1 Å². The van der Waals surface area contributed by atoms with Gasteiger partial charge < -0.3 is 10.4 Å². The van der Waals surface area contributed by atoms with Crippen LogP contribution in [0.4, 0.5) is 11.4 Å². The van der Waals surface area contributed by atoms with Crippen molar-refractivity contribution in [3.63, 3.8) is 0 Å². The van der Waals surface area contributed by atoms with Crippen LogP contribution in [0.1, 0.15) is 20.3 Å². The molecular formula is C12H18N2O5S. The highest BCUT2D eigenvalue weighted by atomic mass is 32.2. The van der Waals surface area contributed by atoms with Gasteiger partial charge in [0.05, 0.1) is 11.0 Å². The molecule has 0 aliphatic heterocycles. The largest absolute Gasteiger partial charge is 0.393 e. The number of hydrogen-bond donors (Lipinski definition) is 2. The van der Waals surface area contributed by atoms with E-state index in [0.29, 0.717) is 6.42 Å². The van der Waals surface area contributed by atoms with Gasteiger partial charge >= 0.3 is 5.69 Å². The molecule has 0 bridgehead atoms. The Morgan fingerprint density at radius 1 is 1.40 bits per heavy atom. The van der Waals surface area contributed by atoms with Crippen molar-refractivity contribution in [2.24, 2.45) is 0 Å². The molecule has 0 spiro atoms. The molecular weight excluding hydrogens is 284 g/mol. The summed E-state index contributed by atoms with van der Waals surface area (Å²) < 4.78 is 23.2. The third-order valence-electron chi connectivity index (χ3n) is 2.68. The highest BCUT2D eigenvalue weighted by Gasteiger charge is 2.26. The molecule has 112 valence electrons. The quantitative estimate of drug-likeness (QED) is 0.609. The minimum absolute atomic E-state index is 0.131. The number of aliphatic hydroxyl groups excluding tert-OH is 1. The third-order valence-corrected chi connectivity index (χ3v) is 3.81. The number of anilines is 1. The monoisotopic (exact) mass is 302 g/mol. The summed E-state index contributed by atoms with van der Waals surface area (Å²) in [6, 6.07) is 3.87. The first kappa shape index (κ1) is 16.4. The molecule has 0 saturated carbocycles. The zero-order chi connectivity index (χ0) is 15.5. The number of rotatable bonds is 6. The molecule has 0 saturated heterocycles. The predicted molar refractivity (Wildman–Crippen MR) is 75.6 cm³/mol. The minimum atomic E-state index is -3.69. The minimum Gasteiger partial charge on any atom is -0.393 e. The second-order valence-electron chi connectivity index (χ2n) is 4.81. The second kappa shape index (κ2) is 6.19. The summed E-state index contributed by atoms with van der Waals surface area (Å²) in [7, 11) is -3.69. The molecule has 0 heterocycles. The molecule has 0 aliphatic carbocycles. The Kier molecular flexibility index (Phi) is 5.07. The number of nitrogens with one attached hydrogen (secondary N) is 1. The first-order valence-electron chi connectivity index (χ1n) is 6.05. The number of nitrogens with zero attached hydrogens (tertiary/aromatic N) is 1. The lowest BCUT2D eigenvalue weighted by atomic mass is 10.1. The Balaban J connectivity index is 3.24. The Labute approximate surface area is 117 Å². The molecule has 0 aromatic heterocycles. The molecule has 2 unspecified atom stereocenters. The Morgan fingerprint density at radius 2 is 2.00 bits per heavy atom. The average Bonchev–Trinajstić information content (AvgIpc) is 2.25. The molecule has 1 aromatic rings. The lowest BCUT2D eigenvalue weighted by molar-refractivity contribution is -0.386.